The minimum Gasteiger partial charge on any atom is -0.497 e. The average molecular weight is 293 g/mol. The second-order valence-corrected chi connectivity index (χ2v) is 5.39. The maximum Gasteiger partial charge on any atom is 0.302 e. The van der Waals surface area contributed by atoms with E-state index in [1.807, 2.05) is 24.3 Å². The zero-order valence-electron chi connectivity index (χ0n) is 12.6. The van der Waals surface area contributed by atoms with E-state index in [1.54, 1.807) is 7.11 Å². The quantitative estimate of drug-likeness (QED) is 0.807. The molecule has 1 saturated heterocycles. The van der Waals surface area contributed by atoms with E-state index in [0.717, 1.165) is 30.7 Å². The van der Waals surface area contributed by atoms with Crippen LogP contribution < -0.4 is 4.74 Å². The van der Waals surface area contributed by atoms with Gasteiger partial charge < -0.3 is 14.6 Å². The number of methoxy groups -OCH3 is 1. The Bertz CT molecular complexity index is 460. The van der Waals surface area contributed by atoms with Gasteiger partial charge >= 0.3 is 5.97 Å². The number of aliphatic hydroxyl groups is 1. The SMILES string of the molecule is COc1ccc(CN2[C@H](CO)CC[C@H]2COC(C)=O)cc1. The molecule has 0 unspecified atom stereocenters. The standard InChI is InChI=1S/C16H23NO4/c1-12(19)21-11-15-6-5-14(10-18)17(15)9-13-3-7-16(20-2)8-4-13/h3-4,7-8,14-15,18H,5-6,9-11H2,1-2H3/t14-,15-/m0/s1. The Hall–Kier alpha value is -1.59. The molecule has 0 aromatic heterocycles. The molecule has 116 valence electrons. The summed E-state index contributed by atoms with van der Waals surface area (Å²) in [7, 11) is 1.65. The smallest absolute Gasteiger partial charge is 0.302 e. The zero-order valence-corrected chi connectivity index (χ0v) is 12.6. The van der Waals surface area contributed by atoms with Gasteiger partial charge in [-0.15, -0.1) is 0 Å². The molecule has 5 heteroatoms. The van der Waals surface area contributed by atoms with Crippen LogP contribution in [0.5, 0.6) is 5.75 Å². The third-order valence-electron chi connectivity index (χ3n) is 3.99. The Morgan fingerprint density at radius 2 is 1.95 bits per heavy atom. The van der Waals surface area contributed by atoms with Crippen molar-refractivity contribution in [2.45, 2.75) is 38.4 Å². The van der Waals surface area contributed by atoms with Gasteiger partial charge in [0, 0.05) is 25.6 Å². The van der Waals surface area contributed by atoms with E-state index >= 15 is 0 Å². The zero-order chi connectivity index (χ0) is 15.2. The molecular weight excluding hydrogens is 270 g/mol. The van der Waals surface area contributed by atoms with Gasteiger partial charge in [0.15, 0.2) is 0 Å². The first kappa shape index (κ1) is 15.8. The Morgan fingerprint density at radius 3 is 2.52 bits per heavy atom. The molecule has 5 nitrogen and oxygen atoms in total. The average Bonchev–Trinajstić information content (AvgIpc) is 2.88. The van der Waals surface area contributed by atoms with E-state index in [4.69, 9.17) is 9.47 Å². The minimum absolute atomic E-state index is 0.132. The van der Waals surface area contributed by atoms with Gasteiger partial charge in [0.1, 0.15) is 12.4 Å². The number of hydrogen-bond acceptors (Lipinski definition) is 5. The second-order valence-electron chi connectivity index (χ2n) is 5.39. The predicted octanol–water partition coefficient (Wildman–Crippen LogP) is 1.58. The van der Waals surface area contributed by atoms with E-state index in [-0.39, 0.29) is 24.7 Å². The van der Waals surface area contributed by atoms with Crippen LogP contribution in [0.15, 0.2) is 24.3 Å². The van der Waals surface area contributed by atoms with E-state index in [1.165, 1.54) is 6.92 Å². The molecule has 2 atom stereocenters. The molecule has 1 aromatic carbocycles. The lowest BCUT2D eigenvalue weighted by molar-refractivity contribution is -0.142. The van der Waals surface area contributed by atoms with E-state index in [2.05, 4.69) is 4.90 Å². The van der Waals surface area contributed by atoms with Crippen LogP contribution in [-0.4, -0.2) is 48.4 Å². The van der Waals surface area contributed by atoms with E-state index < -0.39 is 0 Å². The summed E-state index contributed by atoms with van der Waals surface area (Å²) in [6.07, 6.45) is 1.87. The maximum atomic E-state index is 11.0. The number of carbonyl (C=O) groups excluding carboxylic acids is 1. The summed E-state index contributed by atoms with van der Waals surface area (Å²) >= 11 is 0. The van der Waals surface area contributed by atoms with E-state index in [0.29, 0.717) is 6.61 Å². The number of nitrogens with zero attached hydrogens (tertiary/aromatic N) is 1. The molecule has 0 amide bonds. The van der Waals surface area contributed by atoms with Gasteiger partial charge in [0.05, 0.1) is 13.7 Å². The Labute approximate surface area is 125 Å². The number of likely N-dealkylation sites (tertiary alicyclic amines) is 1. The molecule has 2 rings (SSSR count). The fourth-order valence-electron chi connectivity index (χ4n) is 2.80. The molecule has 21 heavy (non-hydrogen) atoms. The van der Waals surface area contributed by atoms with Crippen LogP contribution in [0.2, 0.25) is 0 Å². The van der Waals surface area contributed by atoms with Crippen molar-refractivity contribution in [1.82, 2.24) is 4.90 Å². The highest BCUT2D eigenvalue weighted by atomic mass is 16.5. The molecule has 0 spiro atoms. The number of ether oxygens (including phenoxy) is 2. The van der Waals surface area contributed by atoms with Crippen LogP contribution >= 0.6 is 0 Å². The van der Waals surface area contributed by atoms with Crippen molar-refractivity contribution in [3.8, 4) is 5.75 Å². The number of esters is 1. The van der Waals surface area contributed by atoms with Crippen LogP contribution in [0.25, 0.3) is 0 Å². The first-order valence-electron chi connectivity index (χ1n) is 7.27. The molecule has 0 aliphatic carbocycles. The molecule has 0 bridgehead atoms. The predicted molar refractivity (Wildman–Crippen MR) is 79.1 cm³/mol. The largest absolute Gasteiger partial charge is 0.497 e. The molecule has 0 saturated carbocycles. The van der Waals surface area contributed by atoms with Crippen molar-refractivity contribution in [1.29, 1.82) is 0 Å². The number of benzene rings is 1. The maximum absolute atomic E-state index is 11.0. The summed E-state index contributed by atoms with van der Waals surface area (Å²) in [5.41, 5.74) is 1.16. The third-order valence-corrected chi connectivity index (χ3v) is 3.99. The highest BCUT2D eigenvalue weighted by molar-refractivity contribution is 5.65. The second kappa shape index (κ2) is 7.43. The molecule has 1 fully saturated rings. The fraction of sp³-hybridized carbons (Fsp3) is 0.562. The lowest BCUT2D eigenvalue weighted by Gasteiger charge is -2.29. The van der Waals surface area contributed by atoms with Crippen molar-refractivity contribution < 1.29 is 19.4 Å². The number of hydrogen-bond donors (Lipinski definition) is 1. The summed E-state index contributed by atoms with van der Waals surface area (Å²) in [5, 5.41) is 9.52. The monoisotopic (exact) mass is 293 g/mol. The van der Waals surface area contributed by atoms with Gasteiger partial charge in [-0.2, -0.15) is 0 Å². The molecule has 0 radical (unpaired) electrons. The molecule has 1 N–H and O–H groups in total. The first-order chi connectivity index (χ1) is 10.1. The Balaban J connectivity index is 2.02. The van der Waals surface area contributed by atoms with Crippen molar-refractivity contribution in [3.05, 3.63) is 29.8 Å². The summed E-state index contributed by atoms with van der Waals surface area (Å²) < 4.78 is 10.3. The van der Waals surface area contributed by atoms with Crippen molar-refractivity contribution in [2.75, 3.05) is 20.3 Å². The van der Waals surface area contributed by atoms with Gasteiger partial charge in [0.2, 0.25) is 0 Å². The minimum atomic E-state index is -0.258. The van der Waals surface area contributed by atoms with Gasteiger partial charge in [-0.25, -0.2) is 0 Å². The summed E-state index contributed by atoms with van der Waals surface area (Å²) in [6.45, 7) is 2.68. The van der Waals surface area contributed by atoms with Gasteiger partial charge in [-0.05, 0) is 30.5 Å². The number of rotatable bonds is 6. The topological polar surface area (TPSA) is 59.0 Å². The normalized spacial score (nSPS) is 22.2. The van der Waals surface area contributed by atoms with Crippen LogP contribution in [0, 0.1) is 0 Å². The van der Waals surface area contributed by atoms with Crippen LogP contribution in [0.4, 0.5) is 0 Å². The van der Waals surface area contributed by atoms with Gasteiger partial charge in [0.25, 0.3) is 0 Å². The fourth-order valence-corrected chi connectivity index (χ4v) is 2.80. The van der Waals surface area contributed by atoms with Crippen LogP contribution in [0.3, 0.4) is 0 Å². The van der Waals surface area contributed by atoms with Crippen LogP contribution in [0.1, 0.15) is 25.3 Å². The highest BCUT2D eigenvalue weighted by Gasteiger charge is 2.33. The number of carbonyl (C=O) groups is 1. The molecular formula is C16H23NO4. The lowest BCUT2D eigenvalue weighted by Crippen LogP contribution is -2.40. The summed E-state index contributed by atoms with van der Waals surface area (Å²) in [6, 6.07) is 8.21. The molecule has 1 heterocycles. The molecule has 1 aromatic rings. The summed E-state index contributed by atoms with van der Waals surface area (Å²) in [5.74, 6) is 0.571. The van der Waals surface area contributed by atoms with Crippen LogP contribution in [-0.2, 0) is 16.1 Å². The Morgan fingerprint density at radius 1 is 1.29 bits per heavy atom. The highest BCUT2D eigenvalue weighted by Crippen LogP contribution is 2.27. The van der Waals surface area contributed by atoms with Crippen molar-refractivity contribution in [2.24, 2.45) is 0 Å². The van der Waals surface area contributed by atoms with E-state index in [9.17, 15) is 9.90 Å². The summed E-state index contributed by atoms with van der Waals surface area (Å²) in [4.78, 5) is 13.2. The van der Waals surface area contributed by atoms with Gasteiger partial charge in [-0.1, -0.05) is 12.1 Å². The molecule has 1 aliphatic rings. The van der Waals surface area contributed by atoms with Gasteiger partial charge in [-0.3, -0.25) is 9.69 Å². The Kier molecular flexibility index (Phi) is 5.59. The molecule has 1 aliphatic heterocycles. The number of aliphatic hydroxyl groups excluding tert-OH is 1. The van der Waals surface area contributed by atoms with Crippen molar-refractivity contribution in [3.63, 3.8) is 0 Å². The first-order valence-corrected chi connectivity index (χ1v) is 7.27. The lowest BCUT2D eigenvalue weighted by atomic mass is 10.1. The van der Waals surface area contributed by atoms with Crippen molar-refractivity contribution >= 4 is 5.97 Å². The third kappa shape index (κ3) is 4.19.